The Kier molecular flexibility index (Phi) is 4.93. The molecule has 0 aromatic carbocycles. The number of likely N-dealkylation sites (tertiary alicyclic amines) is 1. The summed E-state index contributed by atoms with van der Waals surface area (Å²) in [7, 11) is -3.30. The second-order valence-corrected chi connectivity index (χ2v) is 8.32. The fraction of sp³-hybridized carbons (Fsp3) is 0.625. The largest absolute Gasteiger partial charge is 0.474 e. The van der Waals surface area contributed by atoms with E-state index in [1.54, 1.807) is 19.1 Å². The first kappa shape index (κ1) is 17.0. The molecule has 1 aliphatic carbocycles. The van der Waals surface area contributed by atoms with Gasteiger partial charge in [0.2, 0.25) is 21.8 Å². The summed E-state index contributed by atoms with van der Waals surface area (Å²) in [4.78, 5) is 18.1. The van der Waals surface area contributed by atoms with Gasteiger partial charge in [-0.1, -0.05) is 0 Å². The Morgan fingerprint density at radius 1 is 1.29 bits per heavy atom. The van der Waals surface area contributed by atoms with Gasteiger partial charge in [0.1, 0.15) is 6.10 Å². The smallest absolute Gasteiger partial charge is 0.232 e. The highest BCUT2D eigenvalue weighted by molar-refractivity contribution is 7.92. The molecule has 0 radical (unpaired) electrons. The number of piperidine rings is 1. The number of ether oxygens (including phenoxy) is 1. The summed E-state index contributed by atoms with van der Waals surface area (Å²) < 4.78 is 31.3. The standard InChI is InChI=1S/C16H23N3O4S/c1-2-24(21,22)18-13-5-6-15(17-11-13)23-14-7-9-19(10-8-14)16(20)12-3-4-12/h5-6,11-12,14,18H,2-4,7-10H2,1H3. The van der Waals surface area contributed by atoms with E-state index in [9.17, 15) is 13.2 Å². The number of pyridine rings is 1. The van der Waals surface area contributed by atoms with Gasteiger partial charge < -0.3 is 9.64 Å². The highest BCUT2D eigenvalue weighted by Gasteiger charge is 2.35. The number of rotatable bonds is 6. The monoisotopic (exact) mass is 353 g/mol. The van der Waals surface area contributed by atoms with Crippen molar-refractivity contribution >= 4 is 21.6 Å². The van der Waals surface area contributed by atoms with Gasteiger partial charge >= 0.3 is 0 Å². The Bertz CT molecular complexity index is 678. The molecular formula is C16H23N3O4S. The maximum atomic E-state index is 12.0. The number of nitrogens with zero attached hydrogens (tertiary/aromatic N) is 2. The van der Waals surface area contributed by atoms with Gasteiger partial charge in [-0.2, -0.15) is 0 Å². The normalized spacial score (nSPS) is 19.1. The summed E-state index contributed by atoms with van der Waals surface area (Å²) in [6, 6.07) is 3.30. The molecule has 132 valence electrons. The van der Waals surface area contributed by atoms with Gasteiger partial charge in [-0.3, -0.25) is 9.52 Å². The fourth-order valence-corrected chi connectivity index (χ4v) is 3.34. The van der Waals surface area contributed by atoms with Crippen LogP contribution in [0.5, 0.6) is 5.88 Å². The number of anilines is 1. The third-order valence-electron chi connectivity index (χ3n) is 4.36. The minimum atomic E-state index is -3.30. The van der Waals surface area contributed by atoms with Gasteiger partial charge in [-0.25, -0.2) is 13.4 Å². The second kappa shape index (κ2) is 6.96. The molecule has 1 aromatic rings. The van der Waals surface area contributed by atoms with Crippen LogP contribution in [-0.4, -0.2) is 49.2 Å². The molecule has 1 saturated carbocycles. The summed E-state index contributed by atoms with van der Waals surface area (Å²) in [5, 5.41) is 0. The average molecular weight is 353 g/mol. The van der Waals surface area contributed by atoms with Gasteiger partial charge in [-0.05, 0) is 25.8 Å². The highest BCUT2D eigenvalue weighted by Crippen LogP contribution is 2.32. The Morgan fingerprint density at radius 2 is 2.00 bits per heavy atom. The Labute approximate surface area is 142 Å². The molecule has 2 aliphatic rings. The number of nitrogens with one attached hydrogen (secondary N) is 1. The number of hydrogen-bond donors (Lipinski definition) is 1. The van der Waals surface area contributed by atoms with Crippen molar-refractivity contribution in [3.05, 3.63) is 18.3 Å². The third kappa shape index (κ3) is 4.37. The summed E-state index contributed by atoms with van der Waals surface area (Å²) in [6.07, 6.45) is 5.16. The van der Waals surface area contributed by atoms with Crippen LogP contribution in [0, 0.1) is 5.92 Å². The van der Waals surface area contributed by atoms with Crippen LogP contribution in [0.25, 0.3) is 0 Å². The second-order valence-electron chi connectivity index (χ2n) is 6.31. The van der Waals surface area contributed by atoms with Crippen molar-refractivity contribution in [1.82, 2.24) is 9.88 Å². The van der Waals surface area contributed by atoms with Crippen molar-refractivity contribution < 1.29 is 17.9 Å². The van der Waals surface area contributed by atoms with E-state index in [-0.39, 0.29) is 17.8 Å². The van der Waals surface area contributed by atoms with Crippen LogP contribution in [0.2, 0.25) is 0 Å². The summed E-state index contributed by atoms with van der Waals surface area (Å²) in [5.41, 5.74) is 0.425. The zero-order chi connectivity index (χ0) is 17.2. The van der Waals surface area contributed by atoms with Crippen LogP contribution in [0.3, 0.4) is 0 Å². The quantitative estimate of drug-likeness (QED) is 0.839. The first-order valence-corrected chi connectivity index (χ1v) is 10.0. The van der Waals surface area contributed by atoms with Crippen LogP contribution < -0.4 is 9.46 Å². The van der Waals surface area contributed by atoms with E-state index in [0.717, 1.165) is 38.8 Å². The summed E-state index contributed by atoms with van der Waals surface area (Å²) in [5.74, 6) is 1.05. The van der Waals surface area contributed by atoms with Crippen molar-refractivity contribution in [1.29, 1.82) is 0 Å². The predicted octanol–water partition coefficient (Wildman–Crippen LogP) is 1.62. The molecule has 1 amide bonds. The number of aromatic nitrogens is 1. The van der Waals surface area contributed by atoms with Gasteiger partial charge in [0.25, 0.3) is 0 Å². The molecule has 24 heavy (non-hydrogen) atoms. The lowest BCUT2D eigenvalue weighted by molar-refractivity contribution is -0.134. The van der Waals surface area contributed by atoms with Gasteiger partial charge in [-0.15, -0.1) is 0 Å². The van der Waals surface area contributed by atoms with Crippen molar-refractivity contribution in [3.8, 4) is 5.88 Å². The van der Waals surface area contributed by atoms with Crippen LogP contribution in [0.4, 0.5) is 5.69 Å². The number of carbonyl (C=O) groups excluding carboxylic acids is 1. The molecule has 2 fully saturated rings. The van der Waals surface area contributed by atoms with Gasteiger partial charge in [0, 0.05) is 37.9 Å². The number of hydrogen-bond acceptors (Lipinski definition) is 5. The molecule has 2 heterocycles. The molecule has 0 atom stereocenters. The lowest BCUT2D eigenvalue weighted by Gasteiger charge is -2.32. The molecule has 1 N–H and O–H groups in total. The molecule has 7 nitrogen and oxygen atoms in total. The van der Waals surface area contributed by atoms with Gasteiger partial charge in [0.05, 0.1) is 17.6 Å². The van der Waals surface area contributed by atoms with E-state index in [1.807, 2.05) is 4.90 Å². The minimum absolute atomic E-state index is 0.0173. The lowest BCUT2D eigenvalue weighted by atomic mass is 10.1. The predicted molar refractivity (Wildman–Crippen MR) is 90.3 cm³/mol. The Balaban J connectivity index is 1.49. The minimum Gasteiger partial charge on any atom is -0.474 e. The van der Waals surface area contributed by atoms with E-state index in [1.165, 1.54) is 6.20 Å². The molecule has 0 bridgehead atoms. The summed E-state index contributed by atoms with van der Waals surface area (Å²) in [6.45, 7) is 3.04. The number of amides is 1. The summed E-state index contributed by atoms with van der Waals surface area (Å²) >= 11 is 0. The van der Waals surface area contributed by atoms with Crippen LogP contribution in [-0.2, 0) is 14.8 Å². The average Bonchev–Trinajstić information content (AvgIpc) is 3.41. The fourth-order valence-electron chi connectivity index (χ4n) is 2.72. The Morgan fingerprint density at radius 3 is 2.54 bits per heavy atom. The van der Waals surface area contributed by atoms with E-state index in [2.05, 4.69) is 9.71 Å². The SMILES string of the molecule is CCS(=O)(=O)Nc1ccc(OC2CCN(C(=O)C3CC3)CC2)nc1. The number of carbonyl (C=O) groups is 1. The van der Waals surface area contributed by atoms with E-state index < -0.39 is 10.0 Å². The van der Waals surface area contributed by atoms with Crippen molar-refractivity contribution in [2.24, 2.45) is 5.92 Å². The Hall–Kier alpha value is -1.83. The molecule has 3 rings (SSSR count). The molecule has 1 aliphatic heterocycles. The van der Waals surface area contributed by atoms with Gasteiger partial charge in [0.15, 0.2) is 0 Å². The highest BCUT2D eigenvalue weighted by atomic mass is 32.2. The van der Waals surface area contributed by atoms with Crippen molar-refractivity contribution in [2.45, 2.75) is 38.7 Å². The molecule has 0 unspecified atom stereocenters. The first-order chi connectivity index (χ1) is 11.5. The van der Waals surface area contributed by atoms with Crippen LogP contribution >= 0.6 is 0 Å². The molecule has 0 spiro atoms. The maximum Gasteiger partial charge on any atom is 0.232 e. The van der Waals surface area contributed by atoms with E-state index in [0.29, 0.717) is 17.5 Å². The first-order valence-electron chi connectivity index (χ1n) is 8.39. The topological polar surface area (TPSA) is 88.6 Å². The van der Waals surface area contributed by atoms with Crippen molar-refractivity contribution in [3.63, 3.8) is 0 Å². The number of sulfonamides is 1. The molecule has 1 aromatic heterocycles. The lowest BCUT2D eigenvalue weighted by Crippen LogP contribution is -2.42. The third-order valence-corrected chi connectivity index (χ3v) is 5.66. The van der Waals surface area contributed by atoms with Crippen molar-refractivity contribution in [2.75, 3.05) is 23.6 Å². The zero-order valence-electron chi connectivity index (χ0n) is 13.8. The van der Waals surface area contributed by atoms with Crippen LogP contribution in [0.15, 0.2) is 18.3 Å². The van der Waals surface area contributed by atoms with E-state index in [4.69, 9.17) is 4.74 Å². The molecular weight excluding hydrogens is 330 g/mol. The molecule has 1 saturated heterocycles. The van der Waals surface area contributed by atoms with Crippen LogP contribution in [0.1, 0.15) is 32.6 Å². The zero-order valence-corrected chi connectivity index (χ0v) is 14.6. The molecule has 8 heteroatoms. The maximum absolute atomic E-state index is 12.0. The van der Waals surface area contributed by atoms with E-state index >= 15 is 0 Å².